The van der Waals surface area contributed by atoms with Gasteiger partial charge in [-0.25, -0.2) is 0 Å². The Bertz CT molecular complexity index is 1370. The summed E-state index contributed by atoms with van der Waals surface area (Å²) in [6.07, 6.45) is -0.359. The number of rotatable bonds is 5. The minimum atomic E-state index is -1.72. The average Bonchev–Trinajstić information content (AvgIpc) is 2.82. The highest BCUT2D eigenvalue weighted by molar-refractivity contribution is 6.42. The van der Waals surface area contributed by atoms with Gasteiger partial charge >= 0.3 is 0 Å². The molecule has 4 unspecified atom stereocenters. The third kappa shape index (κ3) is 5.57. The lowest BCUT2D eigenvalue weighted by Gasteiger charge is -2.44. The second kappa shape index (κ2) is 10.7. The molecule has 0 bridgehead atoms. The van der Waals surface area contributed by atoms with Gasteiger partial charge in [0.15, 0.2) is 0 Å². The van der Waals surface area contributed by atoms with E-state index in [4.69, 9.17) is 23.2 Å². The smallest absolute Gasteiger partial charge is 0.235 e. The van der Waals surface area contributed by atoms with Gasteiger partial charge in [0.05, 0.1) is 21.6 Å². The summed E-state index contributed by atoms with van der Waals surface area (Å²) >= 11 is 12.5. The first-order valence-electron chi connectivity index (χ1n) is 11.9. The summed E-state index contributed by atoms with van der Waals surface area (Å²) in [5.41, 5.74) is 1.53. The number of carbonyl (C=O) groups is 3. The molecule has 4 rings (SSSR count). The first kappa shape index (κ1) is 26.9. The summed E-state index contributed by atoms with van der Waals surface area (Å²) in [5.74, 6) is -4.92. The van der Waals surface area contributed by atoms with Gasteiger partial charge in [-0.1, -0.05) is 65.7 Å². The molecule has 3 aromatic rings. The number of Topliss-reactive ketones (excluding diaryl/α,β-unsaturated/α-hetero) is 1. The molecule has 8 heteroatoms. The van der Waals surface area contributed by atoms with Crippen molar-refractivity contribution < 1.29 is 19.5 Å². The Balaban J connectivity index is 1.81. The molecule has 1 saturated carbocycles. The second-order valence-electron chi connectivity index (χ2n) is 9.76. The Morgan fingerprint density at radius 2 is 1.41 bits per heavy atom. The number of aliphatic hydroxyl groups is 1. The van der Waals surface area contributed by atoms with Crippen LogP contribution in [0.1, 0.15) is 36.0 Å². The topological polar surface area (TPSA) is 95.5 Å². The third-order valence-corrected chi connectivity index (χ3v) is 7.71. The van der Waals surface area contributed by atoms with Crippen LogP contribution in [0.5, 0.6) is 0 Å². The molecule has 1 aliphatic rings. The molecule has 0 spiro atoms. The number of carbonyl (C=O) groups excluding carboxylic acids is 3. The Morgan fingerprint density at radius 3 is 1.95 bits per heavy atom. The van der Waals surface area contributed by atoms with Gasteiger partial charge in [0.2, 0.25) is 11.8 Å². The van der Waals surface area contributed by atoms with Crippen molar-refractivity contribution in [3.05, 3.63) is 93.5 Å². The van der Waals surface area contributed by atoms with Gasteiger partial charge in [-0.05, 0) is 61.7 Å². The van der Waals surface area contributed by atoms with Crippen molar-refractivity contribution in [3.8, 4) is 0 Å². The Morgan fingerprint density at radius 1 is 0.865 bits per heavy atom. The van der Waals surface area contributed by atoms with Crippen LogP contribution < -0.4 is 10.6 Å². The van der Waals surface area contributed by atoms with E-state index in [1.165, 1.54) is 6.92 Å². The van der Waals surface area contributed by atoms with Crippen LogP contribution in [-0.4, -0.2) is 28.3 Å². The number of aryl methyl sites for hydroxylation is 2. The predicted molar refractivity (Wildman–Crippen MR) is 146 cm³/mol. The number of ketones is 1. The summed E-state index contributed by atoms with van der Waals surface area (Å²) < 4.78 is 0. The van der Waals surface area contributed by atoms with Crippen molar-refractivity contribution in [2.24, 2.45) is 11.8 Å². The fraction of sp³-hybridized carbons (Fsp3) is 0.276. The van der Waals surface area contributed by atoms with Gasteiger partial charge in [-0.2, -0.15) is 0 Å². The number of amides is 2. The zero-order valence-corrected chi connectivity index (χ0v) is 22.2. The largest absolute Gasteiger partial charge is 0.389 e. The van der Waals surface area contributed by atoms with Gasteiger partial charge in [-0.3, -0.25) is 14.4 Å². The van der Waals surface area contributed by atoms with Gasteiger partial charge in [-0.15, -0.1) is 0 Å². The number of halogens is 2. The highest BCUT2D eigenvalue weighted by atomic mass is 35.5. The number of anilines is 2. The van der Waals surface area contributed by atoms with Gasteiger partial charge in [0.1, 0.15) is 11.7 Å². The molecule has 2 amide bonds. The first-order valence-corrected chi connectivity index (χ1v) is 12.7. The highest BCUT2D eigenvalue weighted by Gasteiger charge is 2.56. The van der Waals surface area contributed by atoms with Crippen LogP contribution in [0.25, 0.3) is 0 Å². The lowest BCUT2D eigenvalue weighted by Crippen LogP contribution is -2.56. The predicted octanol–water partition coefficient (Wildman–Crippen LogP) is 5.93. The molecule has 6 nitrogen and oxygen atoms in total. The van der Waals surface area contributed by atoms with E-state index in [0.29, 0.717) is 22.0 Å². The molecule has 3 N–H and O–H groups in total. The lowest BCUT2D eigenvalue weighted by molar-refractivity contribution is -0.150. The molecule has 0 saturated heterocycles. The maximum absolute atomic E-state index is 13.8. The molecule has 0 heterocycles. The minimum absolute atomic E-state index is 0.216. The van der Waals surface area contributed by atoms with Crippen LogP contribution in [0, 0.1) is 25.7 Å². The van der Waals surface area contributed by atoms with Crippen molar-refractivity contribution in [1.29, 1.82) is 0 Å². The van der Waals surface area contributed by atoms with E-state index in [0.717, 1.165) is 11.1 Å². The molecular weight excluding hydrogens is 511 g/mol. The number of para-hydroxylation sites is 2. The fourth-order valence-electron chi connectivity index (χ4n) is 5.06. The SMILES string of the molecule is Cc1ccccc1NC(=O)C1C(=O)CC(C)(O)C(C(=O)Nc2ccccc2C)C1c1ccc(Cl)c(Cl)c1. The van der Waals surface area contributed by atoms with Crippen molar-refractivity contribution in [2.45, 2.75) is 38.7 Å². The van der Waals surface area contributed by atoms with Crippen molar-refractivity contribution in [2.75, 3.05) is 10.6 Å². The van der Waals surface area contributed by atoms with Gasteiger partial charge < -0.3 is 15.7 Å². The van der Waals surface area contributed by atoms with Crippen molar-refractivity contribution >= 4 is 52.2 Å². The number of benzene rings is 3. The standard InChI is InChI=1S/C29H28Cl2N2O4/c1-16-8-4-6-10-21(16)32-27(35)25-23(34)15-29(3,37)26(24(25)18-12-13-19(30)20(31)14-18)28(36)33-22-11-7-5-9-17(22)2/h4-14,24-26,37H,15H2,1-3H3,(H,32,35)(H,33,36). The van der Waals surface area contributed by atoms with Crippen LogP contribution in [0.4, 0.5) is 11.4 Å². The normalized spacial score (nSPS) is 23.4. The molecule has 192 valence electrons. The van der Waals surface area contributed by atoms with Crippen LogP contribution in [0.3, 0.4) is 0 Å². The maximum Gasteiger partial charge on any atom is 0.235 e. The van der Waals surface area contributed by atoms with Crippen LogP contribution in [0.2, 0.25) is 10.0 Å². The summed E-state index contributed by atoms with van der Waals surface area (Å²) in [7, 11) is 0. The van der Waals surface area contributed by atoms with Gasteiger partial charge in [0.25, 0.3) is 0 Å². The van der Waals surface area contributed by atoms with Crippen molar-refractivity contribution in [1.82, 2.24) is 0 Å². The zero-order valence-electron chi connectivity index (χ0n) is 20.7. The first-order chi connectivity index (χ1) is 17.5. The van der Waals surface area contributed by atoms with E-state index in [1.807, 2.05) is 38.1 Å². The van der Waals surface area contributed by atoms with E-state index in [2.05, 4.69) is 10.6 Å². The average molecular weight is 539 g/mol. The summed E-state index contributed by atoms with van der Waals surface area (Å²) in [5, 5.41) is 17.7. The number of nitrogens with one attached hydrogen (secondary N) is 2. The molecule has 1 fully saturated rings. The molecular formula is C29H28Cl2N2O4. The molecule has 4 atom stereocenters. The molecule has 37 heavy (non-hydrogen) atoms. The highest BCUT2D eigenvalue weighted by Crippen LogP contribution is 2.47. The van der Waals surface area contributed by atoms with Crippen LogP contribution in [0.15, 0.2) is 66.7 Å². The maximum atomic E-state index is 13.8. The van der Waals surface area contributed by atoms with Gasteiger partial charge in [0, 0.05) is 23.7 Å². The van der Waals surface area contributed by atoms with E-state index >= 15 is 0 Å². The summed E-state index contributed by atoms with van der Waals surface area (Å²) in [6, 6.07) is 19.2. The fourth-order valence-corrected chi connectivity index (χ4v) is 5.37. The van der Waals surface area contributed by atoms with E-state index in [1.54, 1.807) is 42.5 Å². The Labute approximate surface area is 226 Å². The van der Waals surface area contributed by atoms with E-state index in [-0.39, 0.29) is 11.4 Å². The van der Waals surface area contributed by atoms with E-state index in [9.17, 15) is 19.5 Å². The number of hydrogen-bond acceptors (Lipinski definition) is 4. The molecule has 1 aliphatic carbocycles. The van der Waals surface area contributed by atoms with E-state index < -0.39 is 41.0 Å². The molecule has 0 radical (unpaired) electrons. The third-order valence-electron chi connectivity index (χ3n) is 6.97. The Hall–Kier alpha value is -3.19. The van der Waals surface area contributed by atoms with Crippen molar-refractivity contribution in [3.63, 3.8) is 0 Å². The molecule has 0 aromatic heterocycles. The quantitative estimate of drug-likeness (QED) is 0.351. The Kier molecular flexibility index (Phi) is 7.74. The number of hydrogen-bond donors (Lipinski definition) is 3. The lowest BCUT2D eigenvalue weighted by atomic mass is 9.61. The molecule has 3 aromatic carbocycles. The summed E-state index contributed by atoms with van der Waals surface area (Å²) in [6.45, 7) is 5.15. The monoisotopic (exact) mass is 538 g/mol. The molecule has 0 aliphatic heterocycles. The minimum Gasteiger partial charge on any atom is -0.389 e. The van der Waals surface area contributed by atoms with Crippen LogP contribution >= 0.6 is 23.2 Å². The summed E-state index contributed by atoms with van der Waals surface area (Å²) in [4.78, 5) is 40.9. The second-order valence-corrected chi connectivity index (χ2v) is 10.6. The zero-order chi connectivity index (χ0) is 26.9. The van der Waals surface area contributed by atoms with Crippen LogP contribution in [-0.2, 0) is 14.4 Å².